The molecule has 6 nitrogen and oxygen atoms in total. The Morgan fingerprint density at radius 1 is 1.37 bits per heavy atom. The summed E-state index contributed by atoms with van der Waals surface area (Å²) in [6.45, 7) is 0.313. The number of nitrogen functional groups attached to an aromatic ring is 1. The number of rotatable bonds is 2. The number of halogens is 1. The van der Waals surface area contributed by atoms with E-state index in [2.05, 4.69) is 26.0 Å². The fourth-order valence-electron chi connectivity index (χ4n) is 1.87. The number of nitrogens with zero attached hydrogens (tertiary/aromatic N) is 4. The van der Waals surface area contributed by atoms with Crippen molar-refractivity contribution in [3.8, 4) is 0 Å². The van der Waals surface area contributed by atoms with E-state index < -0.39 is 0 Å². The zero-order valence-electron chi connectivity index (χ0n) is 9.82. The molecule has 0 aliphatic rings. The average molecular weight is 320 g/mol. The zero-order chi connectivity index (χ0) is 13.4. The number of hydrogen-bond acceptors (Lipinski definition) is 4. The van der Waals surface area contributed by atoms with E-state index in [9.17, 15) is 4.79 Å². The van der Waals surface area contributed by atoms with Gasteiger partial charge in [-0.05, 0) is 12.1 Å². The summed E-state index contributed by atoms with van der Waals surface area (Å²) in [4.78, 5) is 16.1. The Kier molecular flexibility index (Phi) is 2.83. The van der Waals surface area contributed by atoms with Crippen molar-refractivity contribution in [3.63, 3.8) is 0 Å². The van der Waals surface area contributed by atoms with Gasteiger partial charge in [-0.25, -0.2) is 13.9 Å². The van der Waals surface area contributed by atoms with Crippen LogP contribution in [0, 0.1) is 0 Å². The predicted octanol–water partition coefficient (Wildman–Crippen LogP) is 1.28. The second-order valence-electron chi connectivity index (χ2n) is 4.05. The fourth-order valence-corrected chi connectivity index (χ4v) is 2.38. The molecule has 2 aromatic heterocycles. The molecular formula is C12H10BrN5O. The van der Waals surface area contributed by atoms with Crippen LogP contribution in [-0.4, -0.2) is 19.2 Å². The number of aromatic nitrogens is 4. The van der Waals surface area contributed by atoms with Gasteiger partial charge in [0.05, 0.1) is 12.7 Å². The lowest BCUT2D eigenvalue weighted by molar-refractivity contribution is 0.658. The van der Waals surface area contributed by atoms with Gasteiger partial charge in [0.1, 0.15) is 0 Å². The van der Waals surface area contributed by atoms with E-state index >= 15 is 0 Å². The van der Waals surface area contributed by atoms with Crippen LogP contribution in [0.5, 0.6) is 0 Å². The molecule has 0 radical (unpaired) electrons. The van der Waals surface area contributed by atoms with Gasteiger partial charge in [0.2, 0.25) is 0 Å². The summed E-state index contributed by atoms with van der Waals surface area (Å²) in [7, 11) is 0. The first kappa shape index (κ1) is 11.9. The van der Waals surface area contributed by atoms with Crippen LogP contribution in [0.15, 0.2) is 46.1 Å². The molecule has 0 atom stereocenters. The van der Waals surface area contributed by atoms with Crippen LogP contribution in [0.2, 0.25) is 0 Å². The lowest BCUT2D eigenvalue weighted by Crippen LogP contribution is -2.22. The summed E-state index contributed by atoms with van der Waals surface area (Å²) in [6, 6.07) is 5.52. The van der Waals surface area contributed by atoms with E-state index in [1.54, 1.807) is 24.7 Å². The van der Waals surface area contributed by atoms with E-state index in [0.29, 0.717) is 17.9 Å². The smallest absolute Gasteiger partial charge is 0.350 e. The molecule has 0 fully saturated rings. The Balaban J connectivity index is 2.11. The molecule has 3 aromatic rings. The van der Waals surface area contributed by atoms with Crippen LogP contribution in [0.25, 0.3) is 5.65 Å². The molecule has 2 heterocycles. The van der Waals surface area contributed by atoms with Crippen LogP contribution < -0.4 is 11.4 Å². The Labute approximate surface area is 116 Å². The van der Waals surface area contributed by atoms with Crippen molar-refractivity contribution in [1.29, 1.82) is 0 Å². The lowest BCUT2D eigenvalue weighted by atomic mass is 10.2. The van der Waals surface area contributed by atoms with Crippen LogP contribution in [0.4, 0.5) is 5.69 Å². The average Bonchev–Trinajstić information content (AvgIpc) is 2.72. The fraction of sp³-hybridized carbons (Fsp3) is 0.0833. The van der Waals surface area contributed by atoms with Crippen LogP contribution in [0.3, 0.4) is 0 Å². The summed E-state index contributed by atoms with van der Waals surface area (Å²) in [5.74, 6) is 0. The van der Waals surface area contributed by atoms with Crippen LogP contribution in [0.1, 0.15) is 5.56 Å². The molecule has 0 spiro atoms. The van der Waals surface area contributed by atoms with Gasteiger partial charge in [0, 0.05) is 28.1 Å². The molecule has 0 aliphatic carbocycles. The highest BCUT2D eigenvalue weighted by Gasteiger charge is 2.10. The third-order valence-corrected chi connectivity index (χ3v) is 3.59. The van der Waals surface area contributed by atoms with Crippen molar-refractivity contribution in [2.24, 2.45) is 0 Å². The summed E-state index contributed by atoms with van der Waals surface area (Å²) in [6.07, 6.45) is 4.68. The molecule has 0 saturated heterocycles. The first-order valence-electron chi connectivity index (χ1n) is 5.59. The molecule has 0 aliphatic heterocycles. The minimum Gasteiger partial charge on any atom is -0.398 e. The second kappa shape index (κ2) is 4.51. The Hall–Kier alpha value is -2.15. The first-order chi connectivity index (χ1) is 9.16. The molecule has 1 aromatic carbocycles. The number of nitrogens with two attached hydrogens (primary N) is 1. The van der Waals surface area contributed by atoms with E-state index in [1.807, 2.05) is 12.1 Å². The maximum atomic E-state index is 12.1. The van der Waals surface area contributed by atoms with Gasteiger partial charge in [-0.1, -0.05) is 22.0 Å². The topological polar surface area (TPSA) is 78.2 Å². The maximum Gasteiger partial charge on any atom is 0.350 e. The van der Waals surface area contributed by atoms with Crippen molar-refractivity contribution in [1.82, 2.24) is 19.2 Å². The van der Waals surface area contributed by atoms with E-state index in [-0.39, 0.29) is 5.69 Å². The lowest BCUT2D eigenvalue weighted by Gasteiger charge is -2.06. The molecule has 7 heteroatoms. The highest BCUT2D eigenvalue weighted by atomic mass is 79.9. The quantitative estimate of drug-likeness (QED) is 0.722. The van der Waals surface area contributed by atoms with Crippen LogP contribution in [-0.2, 0) is 6.54 Å². The van der Waals surface area contributed by atoms with Crippen molar-refractivity contribution < 1.29 is 0 Å². The van der Waals surface area contributed by atoms with Gasteiger partial charge in [0.15, 0.2) is 5.65 Å². The van der Waals surface area contributed by atoms with Crippen molar-refractivity contribution in [3.05, 3.63) is 57.3 Å². The third-order valence-electron chi connectivity index (χ3n) is 2.85. The number of fused-ring (bicyclic) bond motifs is 1. The monoisotopic (exact) mass is 319 g/mol. The van der Waals surface area contributed by atoms with Crippen molar-refractivity contribution in [2.75, 3.05) is 5.73 Å². The largest absolute Gasteiger partial charge is 0.398 e. The van der Waals surface area contributed by atoms with Gasteiger partial charge in [-0.2, -0.15) is 0 Å². The highest BCUT2D eigenvalue weighted by Crippen LogP contribution is 2.22. The molecule has 96 valence electrons. The van der Waals surface area contributed by atoms with E-state index in [0.717, 1.165) is 10.0 Å². The van der Waals surface area contributed by atoms with Crippen LogP contribution >= 0.6 is 15.9 Å². The third kappa shape index (κ3) is 2.01. The van der Waals surface area contributed by atoms with Gasteiger partial charge >= 0.3 is 5.69 Å². The van der Waals surface area contributed by atoms with Crippen molar-refractivity contribution >= 4 is 27.3 Å². The molecule has 2 N–H and O–H groups in total. The van der Waals surface area contributed by atoms with E-state index in [1.165, 1.54) is 9.08 Å². The Morgan fingerprint density at radius 2 is 2.21 bits per heavy atom. The molecule has 0 amide bonds. The summed E-state index contributed by atoms with van der Waals surface area (Å²) in [5, 5.41) is 4.22. The molecule has 3 rings (SSSR count). The number of anilines is 1. The molecule has 0 unspecified atom stereocenters. The second-order valence-corrected chi connectivity index (χ2v) is 4.91. The molecular weight excluding hydrogens is 310 g/mol. The first-order valence-corrected chi connectivity index (χ1v) is 6.38. The number of benzene rings is 1. The summed E-state index contributed by atoms with van der Waals surface area (Å²) < 4.78 is 3.67. The minimum atomic E-state index is -0.215. The van der Waals surface area contributed by atoms with Crippen molar-refractivity contribution in [2.45, 2.75) is 6.54 Å². The number of hydrogen-bond donors (Lipinski definition) is 1. The summed E-state index contributed by atoms with van der Waals surface area (Å²) in [5.41, 5.74) is 7.67. The van der Waals surface area contributed by atoms with E-state index in [4.69, 9.17) is 5.73 Å². The zero-order valence-corrected chi connectivity index (χ0v) is 11.4. The van der Waals surface area contributed by atoms with Gasteiger partial charge in [-0.15, -0.1) is 5.10 Å². The Bertz CT molecular complexity index is 787. The maximum absolute atomic E-state index is 12.1. The molecule has 0 bridgehead atoms. The van der Waals surface area contributed by atoms with Gasteiger partial charge < -0.3 is 5.73 Å². The normalized spacial score (nSPS) is 11.0. The Morgan fingerprint density at radius 3 is 2.95 bits per heavy atom. The summed E-state index contributed by atoms with van der Waals surface area (Å²) >= 11 is 3.43. The standard InChI is InChI=1S/C12H10BrN5O/c13-9-2-1-3-10(14)8(9)7-18-12(19)17-5-4-15-6-11(17)16-18/h1-6H,7,14H2. The predicted molar refractivity (Wildman–Crippen MR) is 74.9 cm³/mol. The van der Waals surface area contributed by atoms with Gasteiger partial charge in [0.25, 0.3) is 0 Å². The van der Waals surface area contributed by atoms with Gasteiger partial charge in [-0.3, -0.25) is 4.98 Å². The molecule has 19 heavy (non-hydrogen) atoms. The minimum absolute atomic E-state index is 0.215. The SMILES string of the molecule is Nc1cccc(Br)c1Cn1nc2cnccn2c1=O. The highest BCUT2D eigenvalue weighted by molar-refractivity contribution is 9.10. The molecule has 0 saturated carbocycles.